The quantitative estimate of drug-likeness (QED) is 0.590. The van der Waals surface area contributed by atoms with Gasteiger partial charge < -0.3 is 15.4 Å². The van der Waals surface area contributed by atoms with Crippen LogP contribution in [0.5, 0.6) is 0 Å². The van der Waals surface area contributed by atoms with Gasteiger partial charge >= 0.3 is 5.97 Å². The molecule has 1 rings (SSSR count). The summed E-state index contributed by atoms with van der Waals surface area (Å²) in [5.74, 6) is -2.28. The topological polar surface area (TPSA) is 119 Å². The molecule has 1 aromatic carbocycles. The molecule has 0 aromatic heterocycles. The van der Waals surface area contributed by atoms with Crippen LogP contribution in [0.15, 0.2) is 35.2 Å². The van der Waals surface area contributed by atoms with Crippen molar-refractivity contribution in [1.29, 1.82) is 0 Å². The van der Waals surface area contributed by atoms with Crippen molar-refractivity contribution in [2.24, 2.45) is 5.92 Å². The van der Waals surface area contributed by atoms with Crippen LogP contribution in [0.4, 0.5) is 0 Å². The average molecular weight is 398 g/mol. The van der Waals surface area contributed by atoms with Crippen molar-refractivity contribution in [2.45, 2.75) is 44.2 Å². The number of ether oxygens (including phenoxy) is 1. The van der Waals surface area contributed by atoms with Gasteiger partial charge in [0.05, 0.1) is 17.8 Å². The molecular formula is C18H26N2O6S. The molecular weight excluding hydrogens is 372 g/mol. The summed E-state index contributed by atoms with van der Waals surface area (Å²) in [5.41, 5.74) is 0. The molecule has 0 aliphatic rings. The summed E-state index contributed by atoms with van der Waals surface area (Å²) in [6.07, 6.45) is -0.152. The molecule has 0 aliphatic carbocycles. The van der Waals surface area contributed by atoms with Gasteiger partial charge in [-0.15, -0.1) is 0 Å². The zero-order chi connectivity index (χ0) is 20.6. The number of carbonyl (C=O) groups is 3. The van der Waals surface area contributed by atoms with E-state index in [2.05, 4.69) is 15.4 Å². The van der Waals surface area contributed by atoms with Gasteiger partial charge in [-0.05, 0) is 24.5 Å². The van der Waals surface area contributed by atoms with E-state index < -0.39 is 33.8 Å². The molecule has 9 heteroatoms. The number of carbonyl (C=O) groups excluding carboxylic acids is 3. The Bertz CT molecular complexity index is 761. The van der Waals surface area contributed by atoms with Crippen LogP contribution in [0.1, 0.15) is 27.2 Å². The number of hydrogen-bond donors (Lipinski definition) is 2. The van der Waals surface area contributed by atoms with Crippen molar-refractivity contribution in [1.82, 2.24) is 10.6 Å². The lowest BCUT2D eigenvalue weighted by Gasteiger charge is -2.24. The summed E-state index contributed by atoms with van der Waals surface area (Å²) in [5, 5.41) is 5.00. The van der Waals surface area contributed by atoms with Crippen LogP contribution in [0.25, 0.3) is 0 Å². The maximum atomic E-state index is 12.5. The van der Waals surface area contributed by atoms with Crippen molar-refractivity contribution in [3.05, 3.63) is 30.3 Å². The highest BCUT2D eigenvalue weighted by Gasteiger charge is 2.30. The van der Waals surface area contributed by atoms with E-state index in [1.807, 2.05) is 0 Å². The third-order valence-electron chi connectivity index (χ3n) is 3.89. The molecule has 0 saturated carbocycles. The summed E-state index contributed by atoms with van der Waals surface area (Å²) >= 11 is 0. The van der Waals surface area contributed by atoms with Gasteiger partial charge in [-0.25, -0.2) is 13.2 Å². The van der Waals surface area contributed by atoms with Crippen LogP contribution < -0.4 is 10.6 Å². The van der Waals surface area contributed by atoms with E-state index in [-0.39, 0.29) is 28.9 Å². The predicted molar refractivity (Wildman–Crippen MR) is 99.5 cm³/mol. The fourth-order valence-corrected chi connectivity index (χ4v) is 3.78. The van der Waals surface area contributed by atoms with E-state index in [0.717, 1.165) is 7.11 Å². The number of sulfone groups is 1. The van der Waals surface area contributed by atoms with Crippen LogP contribution in [-0.2, 0) is 29.0 Å². The molecule has 2 N–H and O–H groups in total. The van der Waals surface area contributed by atoms with Crippen LogP contribution in [0.2, 0.25) is 0 Å². The lowest BCUT2D eigenvalue weighted by molar-refractivity contribution is -0.145. The molecule has 0 saturated heterocycles. The van der Waals surface area contributed by atoms with E-state index in [0.29, 0.717) is 0 Å². The Labute approximate surface area is 159 Å². The van der Waals surface area contributed by atoms with Gasteiger partial charge in [0.25, 0.3) is 0 Å². The van der Waals surface area contributed by atoms with E-state index in [4.69, 9.17) is 0 Å². The monoisotopic (exact) mass is 398 g/mol. The van der Waals surface area contributed by atoms with Gasteiger partial charge in [-0.1, -0.05) is 32.0 Å². The zero-order valence-electron chi connectivity index (χ0n) is 15.9. The molecule has 0 bridgehead atoms. The fourth-order valence-electron chi connectivity index (χ4n) is 2.43. The Kier molecular flexibility index (Phi) is 8.42. The lowest BCUT2D eigenvalue weighted by atomic mass is 10.0. The Hall–Kier alpha value is -2.42. The number of benzene rings is 1. The number of esters is 1. The van der Waals surface area contributed by atoms with Crippen molar-refractivity contribution in [3.63, 3.8) is 0 Å². The van der Waals surface area contributed by atoms with Crippen molar-refractivity contribution in [3.8, 4) is 0 Å². The molecule has 8 nitrogen and oxygen atoms in total. The summed E-state index contributed by atoms with van der Waals surface area (Å²) in [4.78, 5) is 35.9. The van der Waals surface area contributed by atoms with Gasteiger partial charge in [-0.2, -0.15) is 0 Å². The molecule has 0 aliphatic heterocycles. The first-order valence-corrected chi connectivity index (χ1v) is 10.2. The predicted octanol–water partition coefficient (Wildman–Crippen LogP) is 0.669. The standard InChI is InChI=1S/C18H26N2O6S/c1-12(2)16(19-13(3)21)17(22)20-15(18(23)26-4)10-11-27(24,25)14-8-6-5-7-9-14/h5-9,12,15-16H,10-11H2,1-4H3,(H,19,21)(H,20,22)/t15-,16-/m1/s1. The van der Waals surface area contributed by atoms with Crippen LogP contribution in [0.3, 0.4) is 0 Å². The number of hydrogen-bond acceptors (Lipinski definition) is 6. The summed E-state index contributed by atoms with van der Waals surface area (Å²) in [6.45, 7) is 4.77. The lowest BCUT2D eigenvalue weighted by Crippen LogP contribution is -2.53. The zero-order valence-corrected chi connectivity index (χ0v) is 16.7. The normalized spacial score (nSPS) is 13.5. The fraction of sp³-hybridized carbons (Fsp3) is 0.500. The van der Waals surface area contributed by atoms with Crippen LogP contribution in [-0.4, -0.2) is 51.1 Å². The second-order valence-electron chi connectivity index (χ2n) is 6.43. The Balaban J connectivity index is 2.89. The summed E-state index contributed by atoms with van der Waals surface area (Å²) in [6, 6.07) is 5.85. The van der Waals surface area contributed by atoms with Gasteiger partial charge in [-0.3, -0.25) is 9.59 Å². The maximum Gasteiger partial charge on any atom is 0.328 e. The largest absolute Gasteiger partial charge is 0.467 e. The van der Waals surface area contributed by atoms with Crippen LogP contribution >= 0.6 is 0 Å². The highest BCUT2D eigenvalue weighted by molar-refractivity contribution is 7.91. The third-order valence-corrected chi connectivity index (χ3v) is 5.65. The highest BCUT2D eigenvalue weighted by Crippen LogP contribution is 2.13. The van der Waals surface area contributed by atoms with E-state index in [1.54, 1.807) is 32.0 Å². The smallest absolute Gasteiger partial charge is 0.328 e. The molecule has 0 heterocycles. The Morgan fingerprint density at radius 1 is 1.07 bits per heavy atom. The molecule has 1 aromatic rings. The first-order chi connectivity index (χ1) is 12.6. The van der Waals surface area contributed by atoms with E-state index in [1.165, 1.54) is 19.1 Å². The number of rotatable bonds is 9. The minimum atomic E-state index is -3.62. The van der Waals surface area contributed by atoms with Gasteiger partial charge in [0, 0.05) is 6.92 Å². The molecule has 0 unspecified atom stereocenters. The molecule has 150 valence electrons. The van der Waals surface area contributed by atoms with Crippen molar-refractivity contribution < 1.29 is 27.5 Å². The average Bonchev–Trinajstić information content (AvgIpc) is 2.62. The van der Waals surface area contributed by atoms with E-state index >= 15 is 0 Å². The molecule has 0 spiro atoms. The SMILES string of the molecule is COC(=O)[C@@H](CCS(=O)(=O)c1ccccc1)NC(=O)[C@H](NC(C)=O)C(C)C. The third kappa shape index (κ3) is 7.01. The van der Waals surface area contributed by atoms with Crippen molar-refractivity contribution >= 4 is 27.6 Å². The molecule has 27 heavy (non-hydrogen) atoms. The van der Waals surface area contributed by atoms with E-state index in [9.17, 15) is 22.8 Å². The molecule has 2 atom stereocenters. The number of amides is 2. The molecule has 0 fully saturated rings. The molecule has 0 radical (unpaired) electrons. The highest BCUT2D eigenvalue weighted by atomic mass is 32.2. The first-order valence-electron chi connectivity index (χ1n) is 8.51. The van der Waals surface area contributed by atoms with Gasteiger partial charge in [0.2, 0.25) is 11.8 Å². The minimum Gasteiger partial charge on any atom is -0.467 e. The number of methoxy groups -OCH3 is 1. The van der Waals surface area contributed by atoms with Gasteiger partial charge in [0.1, 0.15) is 12.1 Å². The second kappa shape index (κ2) is 10.1. The van der Waals surface area contributed by atoms with Gasteiger partial charge in [0.15, 0.2) is 9.84 Å². The maximum absolute atomic E-state index is 12.5. The summed E-state index contributed by atoms with van der Waals surface area (Å²) < 4.78 is 29.5. The Morgan fingerprint density at radius 3 is 2.15 bits per heavy atom. The van der Waals surface area contributed by atoms with Crippen molar-refractivity contribution in [2.75, 3.05) is 12.9 Å². The minimum absolute atomic E-state index is 0.137. The second-order valence-corrected chi connectivity index (χ2v) is 8.54. The number of nitrogens with one attached hydrogen (secondary N) is 2. The van der Waals surface area contributed by atoms with Crippen LogP contribution in [0, 0.1) is 5.92 Å². The Morgan fingerprint density at radius 2 is 1.67 bits per heavy atom. The first kappa shape index (κ1) is 22.6. The summed E-state index contributed by atoms with van der Waals surface area (Å²) in [7, 11) is -2.46. The molecule has 2 amide bonds.